The van der Waals surface area contributed by atoms with E-state index in [9.17, 15) is 0 Å². The minimum atomic E-state index is -0.383. The first-order chi connectivity index (χ1) is 22.3. The van der Waals surface area contributed by atoms with Crippen LogP contribution in [0.4, 0.5) is 0 Å². The summed E-state index contributed by atoms with van der Waals surface area (Å²) in [6.45, 7) is 0. The van der Waals surface area contributed by atoms with E-state index in [4.69, 9.17) is 0 Å². The number of hydrogen-bond donors (Lipinski definition) is 0. The zero-order chi connectivity index (χ0) is 29.3. The first-order valence-corrected chi connectivity index (χ1v) is 16.1. The quantitative estimate of drug-likeness (QED) is 0.191. The van der Waals surface area contributed by atoms with Gasteiger partial charge in [0.15, 0.2) is 0 Å². The molecule has 0 bridgehead atoms. The monoisotopic (exact) mass is 589 g/mol. The van der Waals surface area contributed by atoms with Crippen molar-refractivity contribution in [2.24, 2.45) is 0 Å². The molecule has 0 saturated heterocycles. The van der Waals surface area contributed by atoms with Crippen LogP contribution in [0, 0.1) is 0 Å². The molecule has 0 aliphatic heterocycles. The highest BCUT2D eigenvalue weighted by Crippen LogP contribution is 2.63. The van der Waals surface area contributed by atoms with E-state index < -0.39 is 0 Å². The van der Waals surface area contributed by atoms with Gasteiger partial charge in [0.05, 0.1) is 16.4 Å². The second-order valence-electron chi connectivity index (χ2n) is 12.1. The van der Waals surface area contributed by atoms with E-state index in [1.54, 1.807) is 17.7 Å². The van der Waals surface area contributed by atoms with Crippen molar-refractivity contribution < 1.29 is 0 Å². The number of hydrogen-bond acceptors (Lipinski definition) is 3. The summed E-state index contributed by atoms with van der Waals surface area (Å²) in [6, 6.07) is 47.5. The average Bonchev–Trinajstić information content (AvgIpc) is 3.81. The van der Waals surface area contributed by atoms with Crippen molar-refractivity contribution >= 4 is 53.4 Å². The molecule has 208 valence electrons. The lowest BCUT2D eigenvalue weighted by molar-refractivity contribution is 0.792. The molecule has 2 aliphatic rings. The number of rotatable bonds is 1. The van der Waals surface area contributed by atoms with E-state index in [-0.39, 0.29) is 5.41 Å². The van der Waals surface area contributed by atoms with Crippen LogP contribution >= 0.6 is 11.3 Å². The molecule has 0 unspecified atom stereocenters. The van der Waals surface area contributed by atoms with Gasteiger partial charge in [0.2, 0.25) is 0 Å². The minimum absolute atomic E-state index is 0.383. The Morgan fingerprint density at radius 1 is 0.556 bits per heavy atom. The van der Waals surface area contributed by atoms with Crippen LogP contribution in [0.25, 0.3) is 70.0 Å². The molecule has 3 aromatic heterocycles. The maximum Gasteiger partial charge on any atom is 0.127 e. The highest BCUT2D eigenvalue weighted by atomic mass is 32.1. The summed E-state index contributed by atoms with van der Waals surface area (Å²) in [7, 11) is 0. The predicted octanol–water partition coefficient (Wildman–Crippen LogP) is 10.3. The minimum Gasteiger partial charge on any atom is -0.309 e. The lowest BCUT2D eigenvalue weighted by Gasteiger charge is -2.30. The molecule has 2 aliphatic carbocycles. The molecule has 1 spiro atoms. The third kappa shape index (κ3) is 2.78. The molecule has 3 nitrogen and oxygen atoms in total. The van der Waals surface area contributed by atoms with Crippen LogP contribution in [-0.4, -0.2) is 14.5 Å². The van der Waals surface area contributed by atoms with Gasteiger partial charge in [0, 0.05) is 38.1 Å². The SMILES string of the molecule is c1ccc2c(c1)-c1ccccc1C21c2ccccc2-c2ccc(-n3c4ccccc4c4ccc5sc6ncncc6c5c43)cc21. The molecule has 0 saturated carbocycles. The summed E-state index contributed by atoms with van der Waals surface area (Å²) in [5, 5.41) is 4.83. The van der Waals surface area contributed by atoms with Crippen molar-refractivity contribution in [3.63, 3.8) is 0 Å². The summed E-state index contributed by atoms with van der Waals surface area (Å²) >= 11 is 1.74. The number of aromatic nitrogens is 3. The third-order valence-corrected chi connectivity index (χ3v) is 11.3. The van der Waals surface area contributed by atoms with Crippen LogP contribution in [0.3, 0.4) is 0 Å². The van der Waals surface area contributed by atoms with Crippen molar-refractivity contribution in [1.29, 1.82) is 0 Å². The summed E-state index contributed by atoms with van der Waals surface area (Å²) in [6.07, 6.45) is 3.63. The first-order valence-electron chi connectivity index (χ1n) is 15.3. The Labute approximate surface area is 262 Å². The van der Waals surface area contributed by atoms with Gasteiger partial charge >= 0.3 is 0 Å². The molecule has 0 amide bonds. The van der Waals surface area contributed by atoms with Gasteiger partial charge in [-0.25, -0.2) is 9.97 Å². The Kier molecular flexibility index (Phi) is 4.40. The average molecular weight is 590 g/mol. The summed E-state index contributed by atoms with van der Waals surface area (Å²) in [4.78, 5) is 10.1. The lowest BCUT2D eigenvalue weighted by atomic mass is 9.70. The molecule has 0 N–H and O–H groups in total. The summed E-state index contributed by atoms with van der Waals surface area (Å²) in [5.74, 6) is 0. The summed E-state index contributed by atoms with van der Waals surface area (Å²) < 4.78 is 3.71. The third-order valence-electron chi connectivity index (χ3n) is 10.2. The first kappa shape index (κ1) is 23.8. The van der Waals surface area contributed by atoms with E-state index in [1.165, 1.54) is 76.4 Å². The number of benzene rings is 6. The molecule has 11 rings (SSSR count). The van der Waals surface area contributed by atoms with Gasteiger partial charge in [-0.05, 0) is 68.8 Å². The number of thiophene rings is 1. The van der Waals surface area contributed by atoms with E-state index in [0.717, 1.165) is 15.9 Å². The van der Waals surface area contributed by atoms with Crippen LogP contribution in [0.15, 0.2) is 140 Å². The molecule has 6 aromatic carbocycles. The zero-order valence-electron chi connectivity index (χ0n) is 24.0. The molecule has 0 radical (unpaired) electrons. The molecule has 3 heterocycles. The maximum absolute atomic E-state index is 4.64. The smallest absolute Gasteiger partial charge is 0.127 e. The van der Waals surface area contributed by atoms with Crippen molar-refractivity contribution in [1.82, 2.24) is 14.5 Å². The maximum atomic E-state index is 4.64. The molecular formula is C41H23N3S. The van der Waals surface area contributed by atoms with Crippen LogP contribution in [0.1, 0.15) is 22.3 Å². The van der Waals surface area contributed by atoms with Gasteiger partial charge in [-0.1, -0.05) is 103 Å². The highest BCUT2D eigenvalue weighted by molar-refractivity contribution is 7.25. The van der Waals surface area contributed by atoms with E-state index in [1.807, 2.05) is 6.20 Å². The van der Waals surface area contributed by atoms with E-state index >= 15 is 0 Å². The van der Waals surface area contributed by atoms with Gasteiger partial charge in [0.1, 0.15) is 11.2 Å². The Morgan fingerprint density at radius 3 is 1.93 bits per heavy atom. The second-order valence-corrected chi connectivity index (χ2v) is 13.2. The predicted molar refractivity (Wildman–Crippen MR) is 186 cm³/mol. The van der Waals surface area contributed by atoms with Gasteiger partial charge < -0.3 is 4.57 Å². The lowest BCUT2D eigenvalue weighted by Crippen LogP contribution is -2.26. The van der Waals surface area contributed by atoms with Crippen molar-refractivity contribution in [3.05, 3.63) is 162 Å². The topological polar surface area (TPSA) is 30.7 Å². The standard InChI is InChI=1S/C41H23N3S/c1-5-13-32-25(9-1)26-10-2-6-14-33(26)41(32)34-15-7-3-11-27(34)28-18-17-24(21-35(28)41)44-36-16-8-4-12-29(36)30-19-20-37-38(39(30)44)31-22-42-23-43-40(31)45-37/h1-23H. The van der Waals surface area contributed by atoms with Crippen LogP contribution in [-0.2, 0) is 5.41 Å². The Hall–Kier alpha value is -5.58. The molecule has 4 heteroatoms. The number of para-hydroxylation sites is 1. The van der Waals surface area contributed by atoms with Crippen LogP contribution < -0.4 is 0 Å². The van der Waals surface area contributed by atoms with Gasteiger partial charge in [0.25, 0.3) is 0 Å². The van der Waals surface area contributed by atoms with E-state index in [0.29, 0.717) is 0 Å². The fourth-order valence-electron chi connectivity index (χ4n) is 8.55. The fourth-order valence-corrected chi connectivity index (χ4v) is 9.57. The Morgan fingerprint density at radius 2 is 1.20 bits per heavy atom. The van der Waals surface area contributed by atoms with Crippen molar-refractivity contribution in [2.75, 3.05) is 0 Å². The van der Waals surface area contributed by atoms with E-state index in [2.05, 4.69) is 142 Å². The number of fused-ring (bicyclic) bond motifs is 17. The normalized spacial score (nSPS) is 14.0. The molecule has 0 fully saturated rings. The zero-order valence-corrected chi connectivity index (χ0v) is 24.8. The van der Waals surface area contributed by atoms with Crippen molar-refractivity contribution in [3.8, 4) is 27.9 Å². The van der Waals surface area contributed by atoms with Crippen molar-refractivity contribution in [2.45, 2.75) is 5.41 Å². The Balaban J connectivity index is 1.31. The Bertz CT molecular complexity index is 2670. The largest absolute Gasteiger partial charge is 0.309 e. The highest BCUT2D eigenvalue weighted by Gasteiger charge is 2.51. The molecular weight excluding hydrogens is 567 g/mol. The molecule has 0 atom stereocenters. The van der Waals surface area contributed by atoms with Gasteiger partial charge in [-0.3, -0.25) is 0 Å². The molecule has 9 aromatic rings. The number of nitrogens with zero attached hydrogens (tertiary/aromatic N) is 3. The van der Waals surface area contributed by atoms with Crippen LogP contribution in [0.2, 0.25) is 0 Å². The van der Waals surface area contributed by atoms with Gasteiger partial charge in [-0.15, -0.1) is 11.3 Å². The second kappa shape index (κ2) is 8.32. The summed E-state index contributed by atoms with van der Waals surface area (Å²) in [5.41, 5.74) is 13.9. The van der Waals surface area contributed by atoms with Crippen LogP contribution in [0.5, 0.6) is 0 Å². The fraction of sp³-hybridized carbons (Fsp3) is 0.0244. The van der Waals surface area contributed by atoms with Gasteiger partial charge in [-0.2, -0.15) is 0 Å². The molecule has 45 heavy (non-hydrogen) atoms.